The summed E-state index contributed by atoms with van der Waals surface area (Å²) in [4.78, 5) is 0. The molecule has 3 aromatic carbocycles. The Morgan fingerprint density at radius 2 is 1.63 bits per heavy atom. The van der Waals surface area contributed by atoms with Crippen molar-refractivity contribution < 1.29 is 5.11 Å². The number of imidazole rings is 1. The van der Waals surface area contributed by atoms with E-state index in [0.29, 0.717) is 28.7 Å². The van der Waals surface area contributed by atoms with Crippen molar-refractivity contribution in [3.8, 4) is 0 Å². The van der Waals surface area contributed by atoms with E-state index in [-0.39, 0.29) is 12.2 Å². The lowest BCUT2D eigenvalue weighted by molar-refractivity contribution is 0.155. The summed E-state index contributed by atoms with van der Waals surface area (Å²) in [5.41, 5.74) is 5.78. The highest BCUT2D eigenvalue weighted by Gasteiger charge is 2.17. The maximum absolute atomic E-state index is 10.9. The third-order valence-electron chi connectivity index (χ3n) is 6.16. The summed E-state index contributed by atoms with van der Waals surface area (Å²) in [7, 11) is 0. The molecule has 2 heterocycles. The molecule has 0 radical (unpaired) electrons. The Bertz CT molecular complexity index is 1570. The topological polar surface area (TPSA) is 84.7 Å². The molecular weight excluding hydrogens is 483 g/mol. The Morgan fingerprint density at radius 3 is 2.37 bits per heavy atom. The van der Waals surface area contributed by atoms with Crippen LogP contribution in [0.2, 0.25) is 10.0 Å². The lowest BCUT2D eigenvalue weighted by Crippen LogP contribution is -2.27. The summed E-state index contributed by atoms with van der Waals surface area (Å²) < 4.78 is 5.48. The van der Waals surface area contributed by atoms with Crippen LogP contribution in [0.15, 0.2) is 72.9 Å². The highest BCUT2D eigenvalue weighted by atomic mass is 35.5. The van der Waals surface area contributed by atoms with E-state index in [1.807, 2.05) is 51.8 Å². The monoisotopic (exact) mass is 506 g/mol. The molecule has 5 rings (SSSR count). The van der Waals surface area contributed by atoms with Crippen LogP contribution in [0.3, 0.4) is 0 Å². The fourth-order valence-electron chi connectivity index (χ4n) is 4.25. The standard InChI is InChI=1S/C26H24Cl2N6O/c1-17-6-2-3-7-19(17)13-32-14-20(30-31-32)15-33-23-8-4-5-9-24(23)34(26(33)29)16-25(35)18-10-11-21(27)22(28)12-18/h2-12,14,25,29,35H,13,15-16H2,1H3. The van der Waals surface area contributed by atoms with Crippen molar-refractivity contribution >= 4 is 34.2 Å². The van der Waals surface area contributed by atoms with Gasteiger partial charge in [0.15, 0.2) is 0 Å². The Labute approximate surface area is 212 Å². The smallest absolute Gasteiger partial charge is 0.203 e. The van der Waals surface area contributed by atoms with Crippen molar-refractivity contribution in [2.24, 2.45) is 0 Å². The minimum absolute atomic E-state index is 0.199. The first kappa shape index (κ1) is 23.4. The van der Waals surface area contributed by atoms with Gasteiger partial charge in [-0.1, -0.05) is 70.9 Å². The number of aliphatic hydroxyl groups is 1. The van der Waals surface area contributed by atoms with Gasteiger partial charge in [-0.2, -0.15) is 0 Å². The van der Waals surface area contributed by atoms with Crippen LogP contribution in [0.5, 0.6) is 0 Å². The summed E-state index contributed by atoms with van der Waals surface area (Å²) in [5, 5.41) is 29.2. The van der Waals surface area contributed by atoms with Gasteiger partial charge in [-0.05, 0) is 47.9 Å². The molecule has 0 saturated heterocycles. The Balaban J connectivity index is 1.43. The molecule has 9 heteroatoms. The molecule has 0 aliphatic heterocycles. The Kier molecular flexibility index (Phi) is 6.47. The molecule has 2 N–H and O–H groups in total. The quantitative estimate of drug-likeness (QED) is 0.327. The maximum atomic E-state index is 10.9. The van der Waals surface area contributed by atoms with Crippen molar-refractivity contribution in [1.82, 2.24) is 24.1 Å². The molecule has 2 aromatic heterocycles. The highest BCUT2D eigenvalue weighted by Crippen LogP contribution is 2.27. The zero-order valence-corrected chi connectivity index (χ0v) is 20.6. The summed E-state index contributed by atoms with van der Waals surface area (Å²) in [6, 6.07) is 21.0. The van der Waals surface area contributed by atoms with Gasteiger partial charge in [-0.15, -0.1) is 5.10 Å². The first-order valence-corrected chi connectivity index (χ1v) is 12.0. The van der Waals surface area contributed by atoms with Crippen LogP contribution >= 0.6 is 23.2 Å². The van der Waals surface area contributed by atoms with E-state index < -0.39 is 6.10 Å². The van der Waals surface area contributed by atoms with Crippen LogP contribution in [0, 0.1) is 12.3 Å². The highest BCUT2D eigenvalue weighted by molar-refractivity contribution is 6.42. The summed E-state index contributed by atoms with van der Waals surface area (Å²) >= 11 is 12.2. The van der Waals surface area contributed by atoms with E-state index in [0.717, 1.165) is 16.7 Å². The molecule has 0 spiro atoms. The molecule has 7 nitrogen and oxygen atoms in total. The molecular formula is C26H24Cl2N6O. The molecule has 0 aliphatic carbocycles. The SMILES string of the molecule is Cc1ccccc1Cn1cc(Cn2c(=N)n(CC(O)c3ccc(Cl)c(Cl)c3)c3ccccc32)nn1. The van der Waals surface area contributed by atoms with Gasteiger partial charge in [-0.3, -0.25) is 5.41 Å². The van der Waals surface area contributed by atoms with Gasteiger partial charge in [-0.25, -0.2) is 4.68 Å². The maximum Gasteiger partial charge on any atom is 0.203 e. The molecule has 0 aliphatic rings. The largest absolute Gasteiger partial charge is 0.387 e. The van der Waals surface area contributed by atoms with E-state index in [9.17, 15) is 5.11 Å². The van der Waals surface area contributed by atoms with Gasteiger partial charge in [0.05, 0.1) is 53.0 Å². The van der Waals surface area contributed by atoms with Gasteiger partial charge < -0.3 is 14.2 Å². The number of benzene rings is 3. The summed E-state index contributed by atoms with van der Waals surface area (Å²) in [6.07, 6.45) is 1.06. The molecule has 35 heavy (non-hydrogen) atoms. The molecule has 5 aromatic rings. The van der Waals surface area contributed by atoms with Gasteiger partial charge in [0.2, 0.25) is 5.62 Å². The Hall–Kier alpha value is -3.39. The number of nitrogens with zero attached hydrogens (tertiary/aromatic N) is 5. The van der Waals surface area contributed by atoms with Gasteiger partial charge in [0.1, 0.15) is 5.69 Å². The van der Waals surface area contributed by atoms with Crippen LogP contribution in [0.1, 0.15) is 28.5 Å². The van der Waals surface area contributed by atoms with Crippen LogP contribution in [0.25, 0.3) is 11.0 Å². The fourth-order valence-corrected chi connectivity index (χ4v) is 4.56. The Morgan fingerprint density at radius 1 is 0.914 bits per heavy atom. The predicted octanol–water partition coefficient (Wildman–Crippen LogP) is 4.96. The van der Waals surface area contributed by atoms with E-state index in [4.69, 9.17) is 28.6 Å². The lowest BCUT2D eigenvalue weighted by atomic mass is 10.1. The second kappa shape index (κ2) is 9.70. The second-order valence-electron chi connectivity index (χ2n) is 8.53. The average Bonchev–Trinajstić information content (AvgIpc) is 3.40. The van der Waals surface area contributed by atoms with Crippen molar-refractivity contribution in [3.05, 3.63) is 111 Å². The zero-order chi connectivity index (χ0) is 24.5. The number of aromatic nitrogens is 5. The first-order chi connectivity index (χ1) is 16.9. The second-order valence-corrected chi connectivity index (χ2v) is 9.35. The average molecular weight is 507 g/mol. The third-order valence-corrected chi connectivity index (χ3v) is 6.90. The number of para-hydroxylation sites is 2. The fraction of sp³-hybridized carbons (Fsp3) is 0.192. The van der Waals surface area contributed by atoms with E-state index in [2.05, 4.69) is 29.4 Å². The molecule has 0 saturated carbocycles. The number of halogens is 2. The minimum atomic E-state index is -0.854. The molecule has 1 atom stereocenters. The number of aryl methyl sites for hydroxylation is 1. The number of fused-ring (bicyclic) bond motifs is 1. The number of rotatable bonds is 7. The molecule has 0 amide bonds. The predicted molar refractivity (Wildman–Crippen MR) is 137 cm³/mol. The van der Waals surface area contributed by atoms with E-state index in [1.54, 1.807) is 22.8 Å². The van der Waals surface area contributed by atoms with Crippen molar-refractivity contribution in [3.63, 3.8) is 0 Å². The molecule has 0 fully saturated rings. The number of hydrogen-bond donors (Lipinski definition) is 2. The number of hydrogen-bond acceptors (Lipinski definition) is 4. The van der Waals surface area contributed by atoms with Gasteiger partial charge in [0, 0.05) is 0 Å². The van der Waals surface area contributed by atoms with Crippen molar-refractivity contribution in [1.29, 1.82) is 5.41 Å². The van der Waals surface area contributed by atoms with Crippen LogP contribution in [0.4, 0.5) is 0 Å². The van der Waals surface area contributed by atoms with Gasteiger partial charge in [0.25, 0.3) is 0 Å². The van der Waals surface area contributed by atoms with Crippen LogP contribution in [-0.2, 0) is 19.6 Å². The molecule has 178 valence electrons. The summed E-state index contributed by atoms with van der Waals surface area (Å²) in [5.74, 6) is 0. The summed E-state index contributed by atoms with van der Waals surface area (Å²) in [6.45, 7) is 3.31. The van der Waals surface area contributed by atoms with Crippen LogP contribution in [-0.4, -0.2) is 29.2 Å². The molecule has 1 unspecified atom stereocenters. The minimum Gasteiger partial charge on any atom is -0.387 e. The van der Waals surface area contributed by atoms with Crippen LogP contribution < -0.4 is 5.62 Å². The first-order valence-electron chi connectivity index (χ1n) is 11.2. The zero-order valence-electron chi connectivity index (χ0n) is 19.1. The normalized spacial score (nSPS) is 12.3. The van der Waals surface area contributed by atoms with Crippen molar-refractivity contribution in [2.45, 2.75) is 32.7 Å². The lowest BCUT2D eigenvalue weighted by Gasteiger charge is -2.13. The number of aliphatic hydroxyl groups excluding tert-OH is 1. The third kappa shape index (κ3) is 4.75. The van der Waals surface area contributed by atoms with E-state index >= 15 is 0 Å². The molecule has 0 bridgehead atoms. The van der Waals surface area contributed by atoms with E-state index in [1.165, 1.54) is 11.1 Å². The van der Waals surface area contributed by atoms with Crippen molar-refractivity contribution in [2.75, 3.05) is 0 Å². The van der Waals surface area contributed by atoms with Gasteiger partial charge >= 0.3 is 0 Å². The number of nitrogens with one attached hydrogen (secondary N) is 1.